The Bertz CT molecular complexity index is 63.4. The second kappa shape index (κ2) is 2.46. The molecule has 1 N–H and O–H groups in total. The molecule has 0 saturated heterocycles. The summed E-state index contributed by atoms with van der Waals surface area (Å²) in [7, 11) is 0. The molecular weight excluding hydrogens is 104 g/mol. The first-order valence-corrected chi connectivity index (χ1v) is 2.74. The Morgan fingerprint density at radius 3 is 1.88 bits per heavy atom. The lowest BCUT2D eigenvalue weighted by Gasteiger charge is -2.22. The molecule has 49 valence electrons. The first kappa shape index (κ1) is 7.92. The van der Waals surface area contributed by atoms with Crippen LogP contribution < -0.4 is 0 Å². The molecule has 0 aliphatic rings. The molecule has 0 aliphatic carbocycles. The second-order valence-electron chi connectivity index (χ2n) is 3.05. The van der Waals surface area contributed by atoms with Crippen LogP contribution in [0, 0.1) is 5.41 Å². The van der Waals surface area contributed by atoms with Crippen molar-refractivity contribution in [2.75, 3.05) is 6.61 Å². The van der Waals surface area contributed by atoms with Crippen LogP contribution in [0.25, 0.3) is 0 Å². The van der Waals surface area contributed by atoms with Crippen LogP contribution >= 0.6 is 0 Å². The van der Waals surface area contributed by atoms with Crippen LogP contribution in [0.1, 0.15) is 20.8 Å². The monoisotopic (exact) mass is 117 g/mol. The van der Waals surface area contributed by atoms with Crippen molar-refractivity contribution in [1.29, 1.82) is 0 Å². The molecule has 0 amide bonds. The first-order valence-electron chi connectivity index (χ1n) is 2.74. The average molecular weight is 117 g/mol. The molecular formula is C6H13O2. The summed E-state index contributed by atoms with van der Waals surface area (Å²) in [6.45, 7) is 5.13. The van der Waals surface area contributed by atoms with Crippen molar-refractivity contribution in [2.45, 2.75) is 26.9 Å². The SMILES string of the molecule is CC(C)(C)C(O)C[O]. The number of hydrogen-bond donors (Lipinski definition) is 1. The van der Waals surface area contributed by atoms with Gasteiger partial charge in [0.05, 0.1) is 6.10 Å². The summed E-state index contributed by atoms with van der Waals surface area (Å²) in [4.78, 5) is 0. The maximum Gasteiger partial charge on any atom is 0.109 e. The van der Waals surface area contributed by atoms with Crippen LogP contribution in [0.2, 0.25) is 0 Å². The zero-order valence-electron chi connectivity index (χ0n) is 5.64. The molecule has 1 unspecified atom stereocenters. The lowest BCUT2D eigenvalue weighted by Crippen LogP contribution is -2.28. The molecule has 0 bridgehead atoms. The summed E-state index contributed by atoms with van der Waals surface area (Å²) in [5, 5.41) is 18.9. The molecule has 0 aromatic carbocycles. The Morgan fingerprint density at radius 2 is 1.88 bits per heavy atom. The lowest BCUT2D eigenvalue weighted by molar-refractivity contribution is -0.0117. The fourth-order valence-corrected chi connectivity index (χ4v) is 0.250. The van der Waals surface area contributed by atoms with Crippen LogP contribution in [-0.4, -0.2) is 17.8 Å². The van der Waals surface area contributed by atoms with Crippen molar-refractivity contribution in [3.05, 3.63) is 0 Å². The highest BCUT2D eigenvalue weighted by molar-refractivity contribution is 4.70. The minimum Gasteiger partial charge on any atom is -0.390 e. The van der Waals surface area contributed by atoms with Gasteiger partial charge in [0.1, 0.15) is 6.61 Å². The molecule has 0 rings (SSSR count). The van der Waals surface area contributed by atoms with Crippen molar-refractivity contribution in [1.82, 2.24) is 0 Å². The number of aliphatic hydroxyl groups excluding tert-OH is 1. The fraction of sp³-hybridized carbons (Fsp3) is 1.00. The molecule has 0 heterocycles. The molecule has 8 heavy (non-hydrogen) atoms. The third-order valence-corrected chi connectivity index (χ3v) is 1.16. The van der Waals surface area contributed by atoms with Crippen molar-refractivity contribution < 1.29 is 10.2 Å². The van der Waals surface area contributed by atoms with Gasteiger partial charge < -0.3 is 5.11 Å². The molecule has 0 aromatic heterocycles. The summed E-state index contributed by atoms with van der Waals surface area (Å²) in [5.74, 6) is 0. The number of rotatable bonds is 1. The topological polar surface area (TPSA) is 40.1 Å². The van der Waals surface area contributed by atoms with Crippen molar-refractivity contribution in [3.63, 3.8) is 0 Å². The van der Waals surface area contributed by atoms with E-state index in [1.165, 1.54) is 0 Å². The van der Waals surface area contributed by atoms with E-state index in [0.717, 1.165) is 0 Å². The van der Waals surface area contributed by atoms with Crippen LogP contribution in [0.4, 0.5) is 0 Å². The van der Waals surface area contributed by atoms with E-state index in [9.17, 15) is 5.11 Å². The third kappa shape index (κ3) is 2.28. The second-order valence-corrected chi connectivity index (χ2v) is 3.05. The first-order chi connectivity index (χ1) is 3.48. The van der Waals surface area contributed by atoms with E-state index in [1.807, 2.05) is 20.8 Å². The van der Waals surface area contributed by atoms with E-state index in [2.05, 4.69) is 0 Å². The number of aliphatic hydroxyl groups is 1. The van der Waals surface area contributed by atoms with Gasteiger partial charge >= 0.3 is 0 Å². The third-order valence-electron chi connectivity index (χ3n) is 1.16. The van der Waals surface area contributed by atoms with Crippen LogP contribution in [0.3, 0.4) is 0 Å². The summed E-state index contributed by atoms with van der Waals surface area (Å²) >= 11 is 0. The van der Waals surface area contributed by atoms with Crippen molar-refractivity contribution in [2.24, 2.45) is 5.41 Å². The zero-order valence-corrected chi connectivity index (χ0v) is 5.64. The van der Waals surface area contributed by atoms with Gasteiger partial charge in [0.15, 0.2) is 0 Å². The molecule has 0 aromatic rings. The zero-order chi connectivity index (χ0) is 6.78. The quantitative estimate of drug-likeness (QED) is 0.542. The highest BCUT2D eigenvalue weighted by Crippen LogP contribution is 2.17. The van der Waals surface area contributed by atoms with E-state index in [1.54, 1.807) is 0 Å². The predicted molar refractivity (Wildman–Crippen MR) is 31.0 cm³/mol. The van der Waals surface area contributed by atoms with Gasteiger partial charge in [0.2, 0.25) is 0 Å². The Kier molecular flexibility index (Phi) is 2.44. The van der Waals surface area contributed by atoms with Gasteiger partial charge in [-0.3, -0.25) is 0 Å². The standard InChI is InChI=1S/C6H13O2/c1-6(2,3)5(8)4-7/h5,8H,4H2,1-3H3. The Labute approximate surface area is 50.2 Å². The maximum atomic E-state index is 10.0. The molecule has 2 nitrogen and oxygen atoms in total. The molecule has 0 saturated carbocycles. The maximum absolute atomic E-state index is 10.0. The normalized spacial score (nSPS) is 16.1. The van der Waals surface area contributed by atoms with Gasteiger partial charge in [-0.1, -0.05) is 20.8 Å². The molecule has 0 spiro atoms. The highest BCUT2D eigenvalue weighted by atomic mass is 16.3. The van der Waals surface area contributed by atoms with Crippen LogP contribution in [0.5, 0.6) is 0 Å². The van der Waals surface area contributed by atoms with Crippen molar-refractivity contribution in [3.8, 4) is 0 Å². The lowest BCUT2D eigenvalue weighted by atomic mass is 9.90. The predicted octanol–water partition coefficient (Wildman–Crippen LogP) is 0.824. The molecule has 0 fully saturated rings. The Morgan fingerprint density at radius 1 is 1.50 bits per heavy atom. The van der Waals surface area contributed by atoms with Gasteiger partial charge in [-0.25, -0.2) is 5.11 Å². The van der Waals surface area contributed by atoms with Gasteiger partial charge in [-0.05, 0) is 5.41 Å². The minimum atomic E-state index is -0.706. The average Bonchev–Trinajstić information content (AvgIpc) is 1.62. The highest BCUT2D eigenvalue weighted by Gasteiger charge is 2.20. The molecule has 2 heteroatoms. The fourth-order valence-electron chi connectivity index (χ4n) is 0.250. The van der Waals surface area contributed by atoms with Gasteiger partial charge in [0.25, 0.3) is 0 Å². The van der Waals surface area contributed by atoms with Crippen LogP contribution in [0.15, 0.2) is 0 Å². The van der Waals surface area contributed by atoms with E-state index in [4.69, 9.17) is 5.11 Å². The number of hydrogen-bond acceptors (Lipinski definition) is 1. The summed E-state index contributed by atoms with van der Waals surface area (Å²) < 4.78 is 0. The molecule has 1 atom stereocenters. The summed E-state index contributed by atoms with van der Waals surface area (Å²) in [5.41, 5.74) is -0.248. The van der Waals surface area contributed by atoms with Gasteiger partial charge in [-0.15, -0.1) is 0 Å². The minimum absolute atomic E-state index is 0.248. The summed E-state index contributed by atoms with van der Waals surface area (Å²) in [6, 6.07) is 0. The Hall–Kier alpha value is -0.0800. The molecule has 1 radical (unpaired) electrons. The van der Waals surface area contributed by atoms with E-state index < -0.39 is 12.7 Å². The van der Waals surface area contributed by atoms with Gasteiger partial charge in [-0.2, -0.15) is 0 Å². The largest absolute Gasteiger partial charge is 0.390 e. The van der Waals surface area contributed by atoms with E-state index in [0.29, 0.717) is 0 Å². The summed E-state index contributed by atoms with van der Waals surface area (Å²) in [6.07, 6.45) is -0.706. The molecule has 0 aliphatic heterocycles. The van der Waals surface area contributed by atoms with Crippen LogP contribution in [-0.2, 0) is 5.11 Å². The smallest absolute Gasteiger partial charge is 0.109 e. The van der Waals surface area contributed by atoms with E-state index >= 15 is 0 Å². The Balaban J connectivity index is 3.62. The van der Waals surface area contributed by atoms with Crippen molar-refractivity contribution >= 4 is 0 Å². The van der Waals surface area contributed by atoms with Gasteiger partial charge in [0, 0.05) is 0 Å². The van der Waals surface area contributed by atoms with E-state index in [-0.39, 0.29) is 5.41 Å².